The summed E-state index contributed by atoms with van der Waals surface area (Å²) in [5.74, 6) is -0.471. The number of nitrogens with one attached hydrogen (secondary N) is 2. The number of alkyl halides is 1. The zero-order chi connectivity index (χ0) is 29.4. The second-order valence-electron chi connectivity index (χ2n) is 11.1. The van der Waals surface area contributed by atoms with Crippen LogP contribution in [0.3, 0.4) is 0 Å². The number of unbranched alkanes of at least 4 members (excludes halogenated alkanes) is 1. The molecule has 0 bridgehead atoms. The van der Waals surface area contributed by atoms with E-state index in [4.69, 9.17) is 21.3 Å². The van der Waals surface area contributed by atoms with E-state index < -0.39 is 30.2 Å². The van der Waals surface area contributed by atoms with Gasteiger partial charge in [0.25, 0.3) is 0 Å². The van der Waals surface area contributed by atoms with Crippen LogP contribution in [0.4, 0.5) is 10.2 Å². The summed E-state index contributed by atoms with van der Waals surface area (Å²) < 4.78 is 18.8. The number of ether oxygens (including phenoxy) is 1. The predicted octanol–water partition coefficient (Wildman–Crippen LogP) is 4.10. The average molecular weight is 590 g/mol. The van der Waals surface area contributed by atoms with Crippen LogP contribution in [-0.4, -0.2) is 84.0 Å². The van der Waals surface area contributed by atoms with Crippen LogP contribution in [0.25, 0.3) is 0 Å². The fraction of sp³-hybridized carbons (Fsp3) is 0.600. The minimum absolute atomic E-state index is 0.178. The minimum atomic E-state index is -1.11. The number of methoxy groups -OCH3 is 1. The fourth-order valence-corrected chi connectivity index (χ4v) is 5.98. The number of carbonyl (C=O) groups excluding carboxylic acids is 1. The number of carboxylic acids is 1. The molecule has 2 aromatic rings. The highest BCUT2D eigenvalue weighted by atomic mass is 35.5. The van der Waals surface area contributed by atoms with Crippen molar-refractivity contribution >= 4 is 29.3 Å². The van der Waals surface area contributed by atoms with Crippen LogP contribution in [0.1, 0.15) is 61.0 Å². The zero-order valence-electron chi connectivity index (χ0n) is 23.9. The van der Waals surface area contributed by atoms with E-state index in [1.165, 1.54) is 12.7 Å². The summed E-state index contributed by atoms with van der Waals surface area (Å²) in [7, 11) is 1.47. The van der Waals surface area contributed by atoms with Gasteiger partial charge >= 0.3 is 5.97 Å². The molecule has 1 fully saturated rings. The van der Waals surface area contributed by atoms with Crippen LogP contribution in [0, 0.1) is 6.92 Å². The van der Waals surface area contributed by atoms with Gasteiger partial charge in [-0.05, 0) is 82.5 Å². The topological polar surface area (TPSA) is 117 Å². The zero-order valence-corrected chi connectivity index (χ0v) is 24.7. The predicted molar refractivity (Wildman–Crippen MR) is 156 cm³/mol. The molecule has 2 atom stereocenters. The van der Waals surface area contributed by atoms with Crippen LogP contribution < -0.4 is 10.6 Å². The monoisotopic (exact) mass is 589 g/mol. The molecule has 0 spiro atoms. The Hall–Kier alpha value is -2.82. The number of carbonyl (C=O) groups is 2. The molecule has 0 radical (unpaired) electrons. The number of amides is 1. The molecule has 1 saturated carbocycles. The first kappa shape index (κ1) is 31.1. The number of aryl methyl sites for hydroxylation is 3. The molecule has 3 heterocycles. The van der Waals surface area contributed by atoms with Gasteiger partial charge in [-0.3, -0.25) is 9.78 Å². The largest absolute Gasteiger partial charge is 0.480 e. The standard InChI is InChI=1S/C30H41ClFN5O4/c1-20-26(24(31)10-15-33-20)30(12-13-30)29(40)36-25(28(38)39)11-17-37(19-23(18-32)41-2)16-4-3-7-22-9-8-21-6-5-14-34-27(21)35-22/h8-10,15,23,25H,3-7,11-14,16-19H2,1-2H3,(H,34,35)(H,36,40)(H,38,39)/t23-,25+/m1/s1. The third kappa shape index (κ3) is 7.93. The van der Waals surface area contributed by atoms with E-state index in [1.807, 2.05) is 4.90 Å². The molecule has 9 nitrogen and oxygen atoms in total. The van der Waals surface area contributed by atoms with Gasteiger partial charge in [-0.15, -0.1) is 0 Å². The van der Waals surface area contributed by atoms with Gasteiger partial charge < -0.3 is 25.4 Å². The summed E-state index contributed by atoms with van der Waals surface area (Å²) in [6.07, 6.45) is 7.07. The van der Waals surface area contributed by atoms with E-state index in [-0.39, 0.29) is 12.3 Å². The van der Waals surface area contributed by atoms with Crippen molar-refractivity contribution in [3.63, 3.8) is 0 Å². The molecule has 0 aromatic carbocycles. The van der Waals surface area contributed by atoms with Crippen LogP contribution in [0.15, 0.2) is 24.4 Å². The van der Waals surface area contributed by atoms with Crippen molar-refractivity contribution in [2.24, 2.45) is 0 Å². The summed E-state index contributed by atoms with van der Waals surface area (Å²) in [5, 5.41) is 16.5. The van der Waals surface area contributed by atoms with Crippen LogP contribution >= 0.6 is 11.6 Å². The molecule has 2 aromatic heterocycles. The number of fused-ring (bicyclic) bond motifs is 1. The fourth-order valence-electron chi connectivity index (χ4n) is 5.61. The quantitative estimate of drug-likeness (QED) is 0.251. The number of aliphatic carboxylic acids is 1. The van der Waals surface area contributed by atoms with Crippen molar-refractivity contribution in [3.8, 4) is 0 Å². The number of rotatable bonds is 16. The third-order valence-electron chi connectivity index (χ3n) is 8.17. The smallest absolute Gasteiger partial charge is 0.326 e. The van der Waals surface area contributed by atoms with E-state index in [9.17, 15) is 19.1 Å². The third-order valence-corrected chi connectivity index (χ3v) is 8.48. The second kappa shape index (κ2) is 14.4. The number of halogens is 2. The average Bonchev–Trinajstić information content (AvgIpc) is 3.77. The number of carboxylic acid groups (broad SMARTS) is 1. The number of anilines is 1. The lowest BCUT2D eigenvalue weighted by atomic mass is 9.93. The molecule has 3 N–H and O–H groups in total. The number of hydrogen-bond donors (Lipinski definition) is 3. The van der Waals surface area contributed by atoms with Crippen molar-refractivity contribution in [2.75, 3.05) is 45.3 Å². The molecule has 1 aliphatic heterocycles. The van der Waals surface area contributed by atoms with Gasteiger partial charge in [0, 0.05) is 54.9 Å². The van der Waals surface area contributed by atoms with Crippen molar-refractivity contribution < 1.29 is 23.8 Å². The van der Waals surface area contributed by atoms with Crippen molar-refractivity contribution in [1.29, 1.82) is 0 Å². The van der Waals surface area contributed by atoms with Crippen molar-refractivity contribution in [3.05, 3.63) is 51.9 Å². The Morgan fingerprint density at radius 1 is 1.27 bits per heavy atom. The Balaban J connectivity index is 1.33. The Bertz CT molecular complexity index is 1190. The van der Waals surface area contributed by atoms with Gasteiger partial charge in [0.2, 0.25) is 5.91 Å². The maximum Gasteiger partial charge on any atom is 0.326 e. The van der Waals surface area contributed by atoms with Gasteiger partial charge in [0.05, 0.1) is 11.5 Å². The molecule has 0 saturated heterocycles. The molecule has 0 unspecified atom stereocenters. The molecule has 1 amide bonds. The lowest BCUT2D eigenvalue weighted by molar-refractivity contribution is -0.142. The molecule has 2 aliphatic rings. The summed E-state index contributed by atoms with van der Waals surface area (Å²) in [4.78, 5) is 36.6. The van der Waals surface area contributed by atoms with Crippen molar-refractivity contribution in [1.82, 2.24) is 20.2 Å². The van der Waals surface area contributed by atoms with E-state index in [2.05, 4.69) is 27.8 Å². The summed E-state index contributed by atoms with van der Waals surface area (Å²) in [6, 6.07) is 4.80. The first-order chi connectivity index (χ1) is 19.8. The number of nitrogens with zero attached hydrogens (tertiary/aromatic N) is 3. The van der Waals surface area contributed by atoms with Gasteiger partial charge in [-0.25, -0.2) is 14.2 Å². The molecule has 1 aliphatic carbocycles. The van der Waals surface area contributed by atoms with Gasteiger partial charge in [0.1, 0.15) is 18.5 Å². The Labute approximate surface area is 246 Å². The van der Waals surface area contributed by atoms with Crippen LogP contribution in [-0.2, 0) is 32.6 Å². The van der Waals surface area contributed by atoms with Gasteiger partial charge in [-0.2, -0.15) is 0 Å². The lowest BCUT2D eigenvalue weighted by Crippen LogP contribution is -2.48. The van der Waals surface area contributed by atoms with E-state index in [0.717, 1.165) is 50.2 Å². The maximum absolute atomic E-state index is 13.5. The number of aromatic nitrogens is 2. The van der Waals surface area contributed by atoms with Crippen LogP contribution in [0.5, 0.6) is 0 Å². The van der Waals surface area contributed by atoms with Crippen LogP contribution in [0.2, 0.25) is 5.02 Å². The molecule has 4 rings (SSSR count). The second-order valence-corrected chi connectivity index (χ2v) is 11.5. The first-order valence-electron chi connectivity index (χ1n) is 14.5. The Kier molecular flexibility index (Phi) is 10.9. The van der Waals surface area contributed by atoms with E-state index in [0.29, 0.717) is 48.8 Å². The Morgan fingerprint density at radius 2 is 2.07 bits per heavy atom. The van der Waals surface area contributed by atoms with Gasteiger partial charge in [-0.1, -0.05) is 17.7 Å². The van der Waals surface area contributed by atoms with Crippen molar-refractivity contribution in [2.45, 2.75) is 75.9 Å². The highest BCUT2D eigenvalue weighted by molar-refractivity contribution is 6.32. The lowest BCUT2D eigenvalue weighted by Gasteiger charge is -2.28. The summed E-state index contributed by atoms with van der Waals surface area (Å²) in [6.45, 7) is 3.48. The van der Waals surface area contributed by atoms with E-state index >= 15 is 0 Å². The molecular weight excluding hydrogens is 549 g/mol. The first-order valence-corrected chi connectivity index (χ1v) is 14.8. The SMILES string of the molecule is CO[C@H](CF)CN(CCCCc1ccc2c(n1)NCCC2)CC[C@H](NC(=O)C1(c2c(Cl)ccnc2C)CC1)C(=O)O. The normalized spacial score (nSPS) is 16.9. The molecular formula is C30H41ClFN5O4. The number of hydrogen-bond acceptors (Lipinski definition) is 7. The molecule has 224 valence electrons. The maximum atomic E-state index is 13.5. The summed E-state index contributed by atoms with van der Waals surface area (Å²) >= 11 is 6.41. The highest BCUT2D eigenvalue weighted by Gasteiger charge is 2.54. The van der Waals surface area contributed by atoms with E-state index in [1.54, 1.807) is 19.2 Å². The minimum Gasteiger partial charge on any atom is -0.480 e. The summed E-state index contributed by atoms with van der Waals surface area (Å²) in [5.41, 5.74) is 2.78. The molecule has 11 heteroatoms. The van der Waals surface area contributed by atoms with Gasteiger partial charge in [0.15, 0.2) is 0 Å². The highest BCUT2D eigenvalue weighted by Crippen LogP contribution is 2.51. The Morgan fingerprint density at radius 3 is 2.76 bits per heavy atom. The molecule has 41 heavy (non-hydrogen) atoms. The number of pyridine rings is 2.